The van der Waals surface area contributed by atoms with Crippen molar-refractivity contribution in [2.45, 2.75) is 37.8 Å². The van der Waals surface area contributed by atoms with Crippen LogP contribution in [0.2, 0.25) is 0 Å². The minimum absolute atomic E-state index is 0.0587. The Balaban J connectivity index is 1.79. The third kappa shape index (κ3) is 3.04. The topological polar surface area (TPSA) is 87.0 Å². The fourth-order valence-corrected chi connectivity index (χ4v) is 3.44. The van der Waals surface area contributed by atoms with Gasteiger partial charge in [-0.05, 0) is 37.7 Å². The molecule has 4 rings (SSSR count). The van der Waals surface area contributed by atoms with E-state index >= 15 is 0 Å². The van der Waals surface area contributed by atoms with Crippen LogP contribution in [0.5, 0.6) is 0 Å². The number of hydrogen-bond acceptors (Lipinski definition) is 4. The molecule has 0 aromatic carbocycles. The molecule has 3 heterocycles. The zero-order valence-electron chi connectivity index (χ0n) is 13.9. The molecule has 1 aliphatic rings. The SMILES string of the molecule is OCCn1cc(-c2cn[nH]c2)c2cc(C#CC3(O)CCCC3)ncc21. The van der Waals surface area contributed by atoms with Gasteiger partial charge in [-0.1, -0.05) is 5.92 Å². The normalized spacial score (nSPS) is 16.1. The second-order valence-corrected chi connectivity index (χ2v) is 6.52. The number of hydrogen-bond donors (Lipinski definition) is 3. The summed E-state index contributed by atoms with van der Waals surface area (Å²) in [5.74, 6) is 6.04. The summed E-state index contributed by atoms with van der Waals surface area (Å²) in [7, 11) is 0. The zero-order chi connectivity index (χ0) is 17.3. The molecule has 0 spiro atoms. The number of fused-ring (bicyclic) bond motifs is 1. The Morgan fingerprint density at radius 1 is 1.28 bits per heavy atom. The average molecular weight is 336 g/mol. The number of pyridine rings is 1. The van der Waals surface area contributed by atoms with Crippen molar-refractivity contribution in [1.29, 1.82) is 0 Å². The van der Waals surface area contributed by atoms with Gasteiger partial charge in [0.1, 0.15) is 11.3 Å². The van der Waals surface area contributed by atoms with E-state index in [2.05, 4.69) is 27.0 Å². The highest BCUT2D eigenvalue weighted by atomic mass is 16.3. The molecule has 0 unspecified atom stereocenters. The standard InChI is InChI=1S/C19H20N4O2/c24-8-7-23-13-17(14-10-21-22-11-14)16-9-15(20-12-18(16)23)3-6-19(25)4-1-2-5-19/h9-13,24-25H,1-2,4-5,7-8H2,(H,21,22). The molecule has 0 radical (unpaired) electrons. The Morgan fingerprint density at radius 3 is 2.84 bits per heavy atom. The van der Waals surface area contributed by atoms with Gasteiger partial charge in [0, 0.05) is 35.5 Å². The van der Waals surface area contributed by atoms with Crippen molar-refractivity contribution in [2.75, 3.05) is 6.61 Å². The molecular formula is C19H20N4O2. The first-order valence-electron chi connectivity index (χ1n) is 8.53. The van der Waals surface area contributed by atoms with E-state index in [1.165, 1.54) is 0 Å². The summed E-state index contributed by atoms with van der Waals surface area (Å²) in [6.07, 6.45) is 10.9. The molecule has 1 aliphatic carbocycles. The molecule has 1 fully saturated rings. The van der Waals surface area contributed by atoms with Crippen molar-refractivity contribution >= 4 is 10.9 Å². The molecule has 1 saturated carbocycles. The molecule has 128 valence electrons. The third-order valence-electron chi connectivity index (χ3n) is 4.77. The van der Waals surface area contributed by atoms with E-state index in [1.54, 1.807) is 12.4 Å². The molecular weight excluding hydrogens is 316 g/mol. The van der Waals surface area contributed by atoms with Gasteiger partial charge in [0.15, 0.2) is 0 Å². The molecule has 25 heavy (non-hydrogen) atoms. The van der Waals surface area contributed by atoms with Crippen molar-refractivity contribution in [3.63, 3.8) is 0 Å². The molecule has 0 aliphatic heterocycles. The van der Waals surface area contributed by atoms with Gasteiger partial charge in [-0.25, -0.2) is 4.98 Å². The van der Waals surface area contributed by atoms with Crippen LogP contribution in [-0.2, 0) is 6.54 Å². The van der Waals surface area contributed by atoms with Gasteiger partial charge in [-0.3, -0.25) is 5.10 Å². The zero-order valence-corrected chi connectivity index (χ0v) is 13.9. The Kier molecular flexibility index (Phi) is 4.04. The number of aliphatic hydroxyl groups excluding tert-OH is 1. The maximum absolute atomic E-state index is 10.4. The predicted molar refractivity (Wildman–Crippen MR) is 94.7 cm³/mol. The number of aromatic nitrogens is 4. The van der Waals surface area contributed by atoms with Gasteiger partial charge in [0.05, 0.1) is 24.5 Å². The Morgan fingerprint density at radius 2 is 2.12 bits per heavy atom. The summed E-state index contributed by atoms with van der Waals surface area (Å²) < 4.78 is 1.98. The van der Waals surface area contributed by atoms with Crippen molar-refractivity contribution < 1.29 is 10.2 Å². The van der Waals surface area contributed by atoms with Crippen LogP contribution >= 0.6 is 0 Å². The lowest BCUT2D eigenvalue weighted by atomic mass is 10.0. The molecule has 0 bridgehead atoms. The van der Waals surface area contributed by atoms with E-state index in [0.29, 0.717) is 12.2 Å². The van der Waals surface area contributed by atoms with Crippen LogP contribution in [0.25, 0.3) is 22.0 Å². The van der Waals surface area contributed by atoms with Gasteiger partial charge >= 0.3 is 0 Å². The molecule has 6 nitrogen and oxygen atoms in total. The summed E-state index contributed by atoms with van der Waals surface area (Å²) in [5, 5.41) is 27.6. The number of rotatable bonds is 3. The molecule has 6 heteroatoms. The van der Waals surface area contributed by atoms with Crippen LogP contribution in [0.4, 0.5) is 0 Å². The highest BCUT2D eigenvalue weighted by Gasteiger charge is 2.28. The molecule has 3 aromatic heterocycles. The first-order valence-corrected chi connectivity index (χ1v) is 8.53. The summed E-state index contributed by atoms with van der Waals surface area (Å²) in [4.78, 5) is 4.43. The van der Waals surface area contributed by atoms with E-state index < -0.39 is 5.60 Å². The van der Waals surface area contributed by atoms with Crippen molar-refractivity contribution in [1.82, 2.24) is 19.7 Å². The van der Waals surface area contributed by atoms with E-state index in [-0.39, 0.29) is 6.61 Å². The van der Waals surface area contributed by atoms with Crippen LogP contribution < -0.4 is 0 Å². The Hall–Kier alpha value is -2.62. The fraction of sp³-hybridized carbons (Fsp3) is 0.368. The summed E-state index contributed by atoms with van der Waals surface area (Å²) in [6, 6.07) is 1.94. The second-order valence-electron chi connectivity index (χ2n) is 6.52. The van der Waals surface area contributed by atoms with Crippen molar-refractivity contribution in [3.8, 4) is 23.0 Å². The maximum atomic E-state index is 10.4. The summed E-state index contributed by atoms with van der Waals surface area (Å²) in [5.41, 5.74) is 2.70. The minimum atomic E-state index is -0.868. The maximum Gasteiger partial charge on any atom is 0.125 e. The van der Waals surface area contributed by atoms with Crippen LogP contribution in [0.1, 0.15) is 31.4 Å². The predicted octanol–water partition coefficient (Wildman–Crippen LogP) is 2.08. The quantitative estimate of drug-likeness (QED) is 0.639. The lowest BCUT2D eigenvalue weighted by Crippen LogP contribution is -2.20. The van der Waals surface area contributed by atoms with Crippen LogP contribution in [0.3, 0.4) is 0 Å². The van der Waals surface area contributed by atoms with Crippen LogP contribution in [0, 0.1) is 11.8 Å². The van der Waals surface area contributed by atoms with E-state index in [9.17, 15) is 10.2 Å². The molecule has 0 saturated heterocycles. The fourth-order valence-electron chi connectivity index (χ4n) is 3.44. The van der Waals surface area contributed by atoms with Gasteiger partial charge in [0.2, 0.25) is 0 Å². The van der Waals surface area contributed by atoms with E-state index in [4.69, 9.17) is 0 Å². The number of H-pyrrole nitrogens is 1. The lowest BCUT2D eigenvalue weighted by Gasteiger charge is -2.12. The van der Waals surface area contributed by atoms with Gasteiger partial charge in [0.25, 0.3) is 0 Å². The number of nitrogens with zero attached hydrogens (tertiary/aromatic N) is 3. The van der Waals surface area contributed by atoms with E-state index in [1.807, 2.05) is 23.0 Å². The van der Waals surface area contributed by atoms with Crippen molar-refractivity contribution in [2.24, 2.45) is 0 Å². The van der Waals surface area contributed by atoms with Crippen molar-refractivity contribution in [3.05, 3.63) is 36.5 Å². The second kappa shape index (κ2) is 6.36. The molecule has 3 N–H and O–H groups in total. The van der Waals surface area contributed by atoms with Gasteiger partial charge < -0.3 is 14.8 Å². The number of aliphatic hydroxyl groups is 2. The monoisotopic (exact) mass is 336 g/mol. The van der Waals surface area contributed by atoms with Gasteiger partial charge in [-0.15, -0.1) is 0 Å². The summed E-state index contributed by atoms with van der Waals surface area (Å²) >= 11 is 0. The Bertz CT molecular complexity index is 941. The minimum Gasteiger partial charge on any atom is -0.395 e. The number of nitrogens with one attached hydrogen (secondary N) is 1. The average Bonchev–Trinajstić information content (AvgIpc) is 3.34. The smallest absolute Gasteiger partial charge is 0.125 e. The molecule has 0 atom stereocenters. The molecule has 3 aromatic rings. The first-order chi connectivity index (χ1) is 12.2. The van der Waals surface area contributed by atoms with Gasteiger partial charge in [-0.2, -0.15) is 5.10 Å². The largest absolute Gasteiger partial charge is 0.395 e. The van der Waals surface area contributed by atoms with E-state index in [0.717, 1.165) is 47.7 Å². The van der Waals surface area contributed by atoms with Crippen LogP contribution in [-0.4, -0.2) is 42.2 Å². The first kappa shape index (κ1) is 15.9. The lowest BCUT2D eigenvalue weighted by molar-refractivity contribution is 0.110. The summed E-state index contributed by atoms with van der Waals surface area (Å²) in [6.45, 7) is 0.560. The number of aromatic amines is 1. The van der Waals surface area contributed by atoms with Crippen LogP contribution in [0.15, 0.2) is 30.9 Å². The molecule has 0 amide bonds. The highest BCUT2D eigenvalue weighted by molar-refractivity contribution is 5.96. The highest BCUT2D eigenvalue weighted by Crippen LogP contribution is 2.31. The third-order valence-corrected chi connectivity index (χ3v) is 4.77. The Labute approximate surface area is 145 Å².